The van der Waals surface area contributed by atoms with Gasteiger partial charge in [-0.25, -0.2) is 9.99 Å². The molecule has 0 bridgehead atoms. The van der Waals surface area contributed by atoms with E-state index in [1.54, 1.807) is 40.2 Å². The van der Waals surface area contributed by atoms with Crippen LogP contribution in [0.15, 0.2) is 40.3 Å². The highest BCUT2D eigenvalue weighted by molar-refractivity contribution is 7.07. The molecule has 2 heterocycles. The van der Waals surface area contributed by atoms with Gasteiger partial charge in [-0.1, -0.05) is 6.07 Å². The van der Waals surface area contributed by atoms with E-state index in [-0.39, 0.29) is 5.75 Å². The summed E-state index contributed by atoms with van der Waals surface area (Å²) in [4.78, 5) is 4.19. The number of aromatic nitrogens is 1. The fourth-order valence-corrected chi connectivity index (χ4v) is 2.04. The number of nitrogens with zero attached hydrogens (tertiary/aromatic N) is 4. The number of phenols is 1. The van der Waals surface area contributed by atoms with E-state index in [1.165, 1.54) is 11.3 Å². The van der Waals surface area contributed by atoms with Crippen LogP contribution in [0.25, 0.3) is 0 Å². The van der Waals surface area contributed by atoms with Crippen LogP contribution in [-0.2, 0) is 0 Å². The van der Waals surface area contributed by atoms with Crippen LogP contribution in [0.4, 0.5) is 11.5 Å². The Balaban J connectivity index is 1.94. The summed E-state index contributed by atoms with van der Waals surface area (Å²) in [5.41, 5.74) is 5.36. The molecule has 86 valence electrons. The van der Waals surface area contributed by atoms with Gasteiger partial charge in [-0.2, -0.15) is 10.7 Å². The first kappa shape index (κ1) is 9.91. The van der Waals surface area contributed by atoms with Gasteiger partial charge in [0.2, 0.25) is 0 Å². The third-order valence-electron chi connectivity index (χ3n) is 2.27. The minimum atomic E-state index is 0.209. The number of thiazole rings is 1. The summed E-state index contributed by atoms with van der Waals surface area (Å²) in [5.74, 6) is 0.955. The zero-order valence-corrected chi connectivity index (χ0v) is 9.50. The maximum Gasteiger partial charge on any atom is 0.182 e. The minimum Gasteiger partial charge on any atom is -0.508 e. The molecule has 0 amide bonds. The minimum absolute atomic E-state index is 0.209. The molecule has 0 saturated carbocycles. The van der Waals surface area contributed by atoms with Gasteiger partial charge in [0.05, 0.1) is 11.2 Å². The van der Waals surface area contributed by atoms with E-state index in [0.29, 0.717) is 0 Å². The predicted molar refractivity (Wildman–Crippen MR) is 66.8 cm³/mol. The molecule has 0 atom stereocenters. The van der Waals surface area contributed by atoms with Crippen molar-refractivity contribution in [2.24, 2.45) is 5.10 Å². The van der Waals surface area contributed by atoms with E-state index in [9.17, 15) is 5.11 Å². The van der Waals surface area contributed by atoms with Crippen LogP contribution < -0.4 is 15.7 Å². The molecule has 0 spiro atoms. The molecule has 0 radical (unpaired) electrons. The lowest BCUT2D eigenvalue weighted by molar-refractivity contribution is 0.475. The third-order valence-corrected chi connectivity index (χ3v) is 2.84. The molecule has 0 saturated heterocycles. The van der Waals surface area contributed by atoms with Gasteiger partial charge in [0.25, 0.3) is 0 Å². The van der Waals surface area contributed by atoms with Gasteiger partial charge in [-0.05, 0) is 12.1 Å². The molecule has 0 unspecified atom stereocenters. The van der Waals surface area contributed by atoms with E-state index < -0.39 is 0 Å². The molecule has 2 aromatic rings. The predicted octanol–water partition coefficient (Wildman–Crippen LogP) is 1.54. The number of nitrogens with one attached hydrogen (secondary N) is 1. The van der Waals surface area contributed by atoms with Crippen molar-refractivity contribution < 1.29 is 5.11 Å². The maximum atomic E-state index is 9.47. The summed E-state index contributed by atoms with van der Waals surface area (Å²) in [5, 5.41) is 18.8. The number of phenolic OH excluding ortho intramolecular Hbond substituents is 1. The van der Waals surface area contributed by atoms with Crippen LogP contribution in [0.1, 0.15) is 0 Å². The number of aromatic hydroxyl groups is 1. The molecule has 1 aromatic heterocycles. The smallest absolute Gasteiger partial charge is 0.182 e. The van der Waals surface area contributed by atoms with Crippen LogP contribution in [0.3, 0.4) is 0 Å². The number of rotatable bonds is 2. The van der Waals surface area contributed by atoms with Crippen LogP contribution in [0, 0.1) is 0 Å². The van der Waals surface area contributed by atoms with Gasteiger partial charge in [-0.3, -0.25) is 0 Å². The highest BCUT2D eigenvalue weighted by Gasteiger charge is 2.21. The highest BCUT2D eigenvalue weighted by atomic mass is 32.1. The van der Waals surface area contributed by atoms with Gasteiger partial charge in [-0.15, -0.1) is 16.4 Å². The third kappa shape index (κ3) is 1.76. The van der Waals surface area contributed by atoms with Crippen LogP contribution >= 0.6 is 11.3 Å². The highest BCUT2D eigenvalue weighted by Crippen LogP contribution is 2.24. The number of hydrogen-bond acceptors (Lipinski definition) is 7. The topological polar surface area (TPSA) is 64.0 Å². The summed E-state index contributed by atoms with van der Waals surface area (Å²) in [6.07, 6.45) is 1.62. The summed E-state index contributed by atoms with van der Waals surface area (Å²) < 4.78 is 0. The second-order valence-corrected chi connectivity index (χ2v) is 4.09. The summed E-state index contributed by atoms with van der Waals surface area (Å²) >= 11 is 1.50. The van der Waals surface area contributed by atoms with Crippen molar-refractivity contribution >= 4 is 29.2 Å². The van der Waals surface area contributed by atoms with Gasteiger partial charge < -0.3 is 5.11 Å². The van der Waals surface area contributed by atoms with Crippen molar-refractivity contribution in [1.82, 2.24) is 10.5 Å². The van der Waals surface area contributed by atoms with Gasteiger partial charge in [0, 0.05) is 11.4 Å². The molecule has 2 N–H and O–H groups in total. The Labute approximate surface area is 101 Å². The van der Waals surface area contributed by atoms with Crippen molar-refractivity contribution in [3.05, 3.63) is 35.2 Å². The molecule has 6 nitrogen and oxygen atoms in total. The van der Waals surface area contributed by atoms with Crippen molar-refractivity contribution in [2.75, 3.05) is 10.1 Å². The van der Waals surface area contributed by atoms with Crippen molar-refractivity contribution in [1.29, 1.82) is 0 Å². The van der Waals surface area contributed by atoms with Gasteiger partial charge in [0.1, 0.15) is 12.1 Å². The van der Waals surface area contributed by atoms with E-state index in [2.05, 4.69) is 15.6 Å². The SMILES string of the molecule is Oc1cccc(N2C=NNN2c2cscn2)c1. The molecule has 1 aliphatic heterocycles. The quantitative estimate of drug-likeness (QED) is 0.842. The Bertz CT molecular complexity index is 541. The lowest BCUT2D eigenvalue weighted by atomic mass is 10.3. The standard InChI is InChI=1S/C10H9N5OS/c16-9-3-1-2-8(4-9)14-6-12-13-15(14)10-5-17-7-11-10/h1-7,13,16H. The van der Waals surface area contributed by atoms with Crippen LogP contribution in [0.2, 0.25) is 0 Å². The normalized spacial score (nSPS) is 14.1. The average Bonchev–Trinajstić information content (AvgIpc) is 3.00. The van der Waals surface area contributed by atoms with Crippen LogP contribution in [0.5, 0.6) is 5.75 Å². The number of hydrogen-bond donors (Lipinski definition) is 2. The van der Waals surface area contributed by atoms with Gasteiger partial charge in [0.15, 0.2) is 5.82 Å². The number of hydrazone groups is 1. The fourth-order valence-electron chi connectivity index (χ4n) is 1.53. The molecule has 0 aliphatic carbocycles. The van der Waals surface area contributed by atoms with E-state index in [4.69, 9.17) is 0 Å². The number of anilines is 2. The van der Waals surface area contributed by atoms with E-state index >= 15 is 0 Å². The fraction of sp³-hybridized carbons (Fsp3) is 0. The molecule has 17 heavy (non-hydrogen) atoms. The Morgan fingerprint density at radius 2 is 2.29 bits per heavy atom. The van der Waals surface area contributed by atoms with Crippen LogP contribution in [-0.4, -0.2) is 16.4 Å². The second-order valence-electron chi connectivity index (χ2n) is 3.37. The molecular formula is C10H9N5OS. The number of benzene rings is 1. The van der Waals surface area contributed by atoms with Crippen molar-refractivity contribution in [2.45, 2.75) is 0 Å². The number of hydrazine groups is 2. The molecular weight excluding hydrogens is 238 g/mol. The summed E-state index contributed by atoms with van der Waals surface area (Å²) in [6.45, 7) is 0. The molecule has 7 heteroatoms. The molecule has 0 fully saturated rings. The lowest BCUT2D eigenvalue weighted by Gasteiger charge is -2.25. The average molecular weight is 247 g/mol. The Kier molecular flexibility index (Phi) is 2.30. The maximum absolute atomic E-state index is 9.47. The first-order chi connectivity index (χ1) is 8.34. The second kappa shape index (κ2) is 3.95. The van der Waals surface area contributed by atoms with Crippen molar-refractivity contribution in [3.8, 4) is 5.75 Å². The Morgan fingerprint density at radius 3 is 3.06 bits per heavy atom. The zero-order valence-electron chi connectivity index (χ0n) is 8.69. The Morgan fingerprint density at radius 1 is 1.35 bits per heavy atom. The van der Waals surface area contributed by atoms with E-state index in [1.807, 2.05) is 11.4 Å². The van der Waals surface area contributed by atoms with Crippen molar-refractivity contribution in [3.63, 3.8) is 0 Å². The lowest BCUT2D eigenvalue weighted by Crippen LogP contribution is -2.43. The largest absolute Gasteiger partial charge is 0.508 e. The Hall–Kier alpha value is -2.28. The first-order valence-electron chi connectivity index (χ1n) is 4.90. The zero-order chi connectivity index (χ0) is 11.7. The molecule has 3 rings (SSSR count). The molecule has 1 aromatic carbocycles. The van der Waals surface area contributed by atoms with E-state index in [0.717, 1.165) is 11.5 Å². The monoisotopic (exact) mass is 247 g/mol. The first-order valence-corrected chi connectivity index (χ1v) is 5.84. The van der Waals surface area contributed by atoms with Gasteiger partial charge >= 0.3 is 0 Å². The molecule has 1 aliphatic rings. The summed E-state index contributed by atoms with van der Waals surface area (Å²) in [6, 6.07) is 6.92. The summed E-state index contributed by atoms with van der Waals surface area (Å²) in [7, 11) is 0.